The van der Waals surface area contributed by atoms with Crippen LogP contribution >= 0.6 is 0 Å². The fraction of sp³-hybridized carbons (Fsp3) is 0.235. The minimum atomic E-state index is -0.513. The first kappa shape index (κ1) is 14.9. The second-order valence-electron chi connectivity index (χ2n) is 5.57. The van der Waals surface area contributed by atoms with Gasteiger partial charge >= 0.3 is 6.09 Å². The van der Waals surface area contributed by atoms with Crippen LogP contribution in [0, 0.1) is 0 Å². The van der Waals surface area contributed by atoms with E-state index in [0.717, 1.165) is 5.75 Å². The Morgan fingerprint density at radius 1 is 0.905 bits per heavy atom. The molecule has 0 saturated heterocycles. The fourth-order valence-corrected chi connectivity index (χ4v) is 1.65. The highest BCUT2D eigenvalue weighted by Gasteiger charge is 2.16. The Bertz CT molecular complexity index is 586. The van der Waals surface area contributed by atoms with Gasteiger partial charge in [0.25, 0.3) is 0 Å². The molecule has 0 unspecified atom stereocenters. The maximum Gasteiger partial charge on any atom is 0.412 e. The quantitative estimate of drug-likeness (QED) is 0.879. The van der Waals surface area contributed by atoms with Crippen molar-refractivity contribution in [2.24, 2.45) is 0 Å². The molecule has 1 amide bonds. The molecule has 1 N–H and O–H groups in total. The summed E-state index contributed by atoms with van der Waals surface area (Å²) in [5, 5.41) is 2.67. The SMILES string of the molecule is CC(C)(C)OC(=O)Nc1ccc(Oc2ccccc2)cc1. The van der Waals surface area contributed by atoms with Crippen molar-refractivity contribution in [3.8, 4) is 11.5 Å². The summed E-state index contributed by atoms with van der Waals surface area (Å²) >= 11 is 0. The molecule has 0 atom stereocenters. The Morgan fingerprint density at radius 2 is 1.48 bits per heavy atom. The van der Waals surface area contributed by atoms with Crippen LogP contribution in [0.1, 0.15) is 20.8 Å². The van der Waals surface area contributed by atoms with E-state index in [-0.39, 0.29) is 0 Å². The number of ether oxygens (including phenoxy) is 2. The van der Waals surface area contributed by atoms with Crippen LogP contribution in [0.5, 0.6) is 11.5 Å². The molecule has 2 rings (SSSR count). The Morgan fingerprint density at radius 3 is 2.05 bits per heavy atom. The first-order valence-corrected chi connectivity index (χ1v) is 6.75. The summed E-state index contributed by atoms with van der Waals surface area (Å²) in [5.74, 6) is 1.47. The van der Waals surface area contributed by atoms with Crippen LogP contribution in [-0.2, 0) is 4.74 Å². The van der Waals surface area contributed by atoms with Crippen LogP contribution in [0.2, 0.25) is 0 Å². The zero-order valence-corrected chi connectivity index (χ0v) is 12.4. The van der Waals surface area contributed by atoms with Gasteiger partial charge in [-0.3, -0.25) is 5.32 Å². The molecule has 0 fully saturated rings. The van der Waals surface area contributed by atoms with Gasteiger partial charge in [-0.05, 0) is 57.2 Å². The monoisotopic (exact) mass is 285 g/mol. The van der Waals surface area contributed by atoms with Crippen LogP contribution in [0.15, 0.2) is 54.6 Å². The predicted octanol–water partition coefficient (Wildman–Crippen LogP) is 4.83. The zero-order valence-electron chi connectivity index (χ0n) is 12.4. The van der Waals surface area contributed by atoms with Gasteiger partial charge < -0.3 is 9.47 Å². The largest absolute Gasteiger partial charge is 0.457 e. The molecule has 0 bridgehead atoms. The number of hydrogen-bond donors (Lipinski definition) is 1. The minimum Gasteiger partial charge on any atom is -0.457 e. The van der Waals surface area contributed by atoms with Crippen molar-refractivity contribution in [3.63, 3.8) is 0 Å². The van der Waals surface area contributed by atoms with E-state index in [2.05, 4.69) is 5.32 Å². The van der Waals surface area contributed by atoms with Crippen molar-refractivity contribution < 1.29 is 14.3 Å². The van der Waals surface area contributed by atoms with Crippen molar-refractivity contribution in [2.45, 2.75) is 26.4 Å². The Kier molecular flexibility index (Phi) is 4.48. The third kappa shape index (κ3) is 5.18. The van der Waals surface area contributed by atoms with Crippen LogP contribution in [0.3, 0.4) is 0 Å². The second-order valence-corrected chi connectivity index (χ2v) is 5.57. The molecular weight excluding hydrogens is 266 g/mol. The number of amides is 1. The number of rotatable bonds is 3. The molecule has 0 saturated carbocycles. The number of benzene rings is 2. The molecule has 21 heavy (non-hydrogen) atoms. The van der Waals surface area contributed by atoms with Gasteiger partial charge in [-0.25, -0.2) is 4.79 Å². The first-order chi connectivity index (χ1) is 9.92. The molecule has 4 heteroatoms. The number of anilines is 1. The topological polar surface area (TPSA) is 47.6 Å². The first-order valence-electron chi connectivity index (χ1n) is 6.75. The van der Waals surface area contributed by atoms with Gasteiger partial charge in [0.15, 0.2) is 0 Å². The third-order valence-corrected chi connectivity index (χ3v) is 2.48. The van der Waals surface area contributed by atoms with Crippen molar-refractivity contribution in [3.05, 3.63) is 54.6 Å². The van der Waals surface area contributed by atoms with E-state index in [1.165, 1.54) is 0 Å². The lowest BCUT2D eigenvalue weighted by Crippen LogP contribution is -2.27. The molecule has 0 spiro atoms. The molecule has 2 aromatic rings. The van der Waals surface area contributed by atoms with E-state index < -0.39 is 11.7 Å². The molecule has 0 radical (unpaired) electrons. The average molecular weight is 285 g/mol. The van der Waals surface area contributed by atoms with E-state index in [1.807, 2.05) is 51.1 Å². The standard InChI is InChI=1S/C17H19NO3/c1-17(2,3)21-16(19)18-13-9-11-15(12-10-13)20-14-7-5-4-6-8-14/h4-12H,1-3H3,(H,18,19). The molecule has 0 aliphatic carbocycles. The molecule has 0 heterocycles. The van der Waals surface area contributed by atoms with Gasteiger partial charge in [-0.15, -0.1) is 0 Å². The number of nitrogens with one attached hydrogen (secondary N) is 1. The highest BCUT2D eigenvalue weighted by molar-refractivity contribution is 5.84. The highest BCUT2D eigenvalue weighted by atomic mass is 16.6. The molecule has 0 aliphatic rings. The Balaban J connectivity index is 1.95. The normalized spacial score (nSPS) is 10.8. The summed E-state index contributed by atoms with van der Waals surface area (Å²) in [6, 6.07) is 16.6. The van der Waals surface area contributed by atoms with Gasteiger partial charge in [-0.1, -0.05) is 18.2 Å². The smallest absolute Gasteiger partial charge is 0.412 e. The predicted molar refractivity (Wildman–Crippen MR) is 82.8 cm³/mol. The van der Waals surface area contributed by atoms with Gasteiger partial charge in [0, 0.05) is 5.69 Å². The molecule has 110 valence electrons. The van der Waals surface area contributed by atoms with Gasteiger partial charge in [0.2, 0.25) is 0 Å². The molecule has 2 aromatic carbocycles. The van der Waals surface area contributed by atoms with Crippen molar-refractivity contribution >= 4 is 11.8 Å². The fourth-order valence-electron chi connectivity index (χ4n) is 1.65. The number of carbonyl (C=O) groups is 1. The lowest BCUT2D eigenvalue weighted by atomic mass is 10.2. The van der Waals surface area contributed by atoms with Crippen molar-refractivity contribution in [1.82, 2.24) is 0 Å². The lowest BCUT2D eigenvalue weighted by Gasteiger charge is -2.19. The summed E-state index contributed by atoms with van der Waals surface area (Å²) < 4.78 is 10.9. The zero-order chi connectivity index (χ0) is 15.3. The number of hydrogen-bond acceptors (Lipinski definition) is 3. The van der Waals surface area contributed by atoms with Crippen LogP contribution in [0.4, 0.5) is 10.5 Å². The van der Waals surface area contributed by atoms with Gasteiger partial charge in [0.1, 0.15) is 17.1 Å². The number of carbonyl (C=O) groups excluding carboxylic acids is 1. The minimum absolute atomic E-state index is 0.473. The number of para-hydroxylation sites is 1. The Hall–Kier alpha value is -2.49. The second kappa shape index (κ2) is 6.31. The van der Waals surface area contributed by atoms with Gasteiger partial charge in [0.05, 0.1) is 0 Å². The van der Waals surface area contributed by atoms with Crippen LogP contribution in [0.25, 0.3) is 0 Å². The van der Waals surface area contributed by atoms with E-state index in [1.54, 1.807) is 24.3 Å². The molecule has 4 nitrogen and oxygen atoms in total. The van der Waals surface area contributed by atoms with E-state index >= 15 is 0 Å². The summed E-state index contributed by atoms with van der Waals surface area (Å²) in [4.78, 5) is 11.6. The molecule has 0 aliphatic heterocycles. The lowest BCUT2D eigenvalue weighted by molar-refractivity contribution is 0.0636. The van der Waals surface area contributed by atoms with Crippen LogP contribution < -0.4 is 10.1 Å². The highest BCUT2D eigenvalue weighted by Crippen LogP contribution is 2.22. The van der Waals surface area contributed by atoms with Crippen molar-refractivity contribution in [2.75, 3.05) is 5.32 Å². The van der Waals surface area contributed by atoms with Crippen LogP contribution in [-0.4, -0.2) is 11.7 Å². The van der Waals surface area contributed by atoms with Gasteiger partial charge in [-0.2, -0.15) is 0 Å². The average Bonchev–Trinajstić information content (AvgIpc) is 2.40. The summed E-state index contributed by atoms with van der Waals surface area (Å²) in [5.41, 5.74) is 0.144. The summed E-state index contributed by atoms with van der Waals surface area (Å²) in [7, 11) is 0. The maximum atomic E-state index is 11.6. The summed E-state index contributed by atoms with van der Waals surface area (Å²) in [6.45, 7) is 5.47. The van der Waals surface area contributed by atoms with E-state index in [4.69, 9.17) is 9.47 Å². The Labute approximate surface area is 124 Å². The van der Waals surface area contributed by atoms with E-state index in [0.29, 0.717) is 11.4 Å². The van der Waals surface area contributed by atoms with Crippen molar-refractivity contribution in [1.29, 1.82) is 0 Å². The van der Waals surface area contributed by atoms with E-state index in [9.17, 15) is 4.79 Å². The third-order valence-electron chi connectivity index (χ3n) is 2.48. The molecule has 0 aromatic heterocycles. The summed E-state index contributed by atoms with van der Waals surface area (Å²) in [6.07, 6.45) is -0.473. The molecular formula is C17H19NO3. The maximum absolute atomic E-state index is 11.6.